The molecule has 178 valence electrons. The van der Waals surface area contributed by atoms with Gasteiger partial charge >= 0.3 is 5.97 Å². The molecule has 0 radical (unpaired) electrons. The second-order valence-corrected chi connectivity index (χ2v) is 7.48. The average molecular weight is 464 g/mol. The molecule has 0 aromatic rings. The minimum atomic E-state index is -1.51. The van der Waals surface area contributed by atoms with Crippen molar-refractivity contribution >= 4 is 42.3 Å². The van der Waals surface area contributed by atoms with E-state index in [1.807, 2.05) is 0 Å². The van der Waals surface area contributed by atoms with Crippen LogP contribution < -0.4 is 33.2 Å². The third-order valence-electron chi connectivity index (χ3n) is 4.16. The van der Waals surface area contributed by atoms with E-state index in [1.54, 1.807) is 13.8 Å². The Balaban J connectivity index is 4.95. The van der Waals surface area contributed by atoms with Crippen molar-refractivity contribution in [1.29, 1.82) is 0 Å². The molecule has 0 spiro atoms. The molecule has 0 aliphatic heterocycles. The number of rotatable bonds is 14. The number of nitrogens with one attached hydrogen (secondary N) is 3. The molecule has 0 aliphatic rings. The number of hydrogen-bond donors (Lipinski definition) is 9. The van der Waals surface area contributed by atoms with E-state index in [0.717, 1.165) is 0 Å². The minimum absolute atomic E-state index is 0.0674. The van der Waals surface area contributed by atoms with Crippen molar-refractivity contribution in [3.05, 3.63) is 0 Å². The Hall–Kier alpha value is -2.58. The number of carboxylic acid groups (broad SMARTS) is 1. The smallest absolute Gasteiger partial charge is 0.328 e. The maximum atomic E-state index is 12.6. The standard InChI is InChI=1S/C17H33N7O6S/c1-8(2)12(15(28)22-10(6-25)16(29)30)24-14(27)11(7-31)23-13(26)9(18)4-3-5-21-17(19)20/h8-12,25,31H,3-7,18H2,1-2H3,(H,22,28)(H,23,26)(H,24,27)(H,29,30)(H4,19,20,21). The highest BCUT2D eigenvalue weighted by atomic mass is 32.1. The van der Waals surface area contributed by atoms with E-state index < -0.39 is 60.4 Å². The van der Waals surface area contributed by atoms with E-state index in [0.29, 0.717) is 13.0 Å². The van der Waals surface area contributed by atoms with Gasteiger partial charge in [0.05, 0.1) is 12.6 Å². The molecular formula is C17H33N7O6S. The number of thiol groups is 1. The molecule has 0 aliphatic carbocycles. The van der Waals surface area contributed by atoms with E-state index in [4.69, 9.17) is 27.4 Å². The maximum Gasteiger partial charge on any atom is 0.328 e. The molecule has 4 atom stereocenters. The Labute approximate surface area is 186 Å². The summed E-state index contributed by atoms with van der Waals surface area (Å²) in [6, 6.07) is -4.60. The Morgan fingerprint density at radius 2 is 1.58 bits per heavy atom. The molecule has 14 heteroatoms. The number of hydrogen-bond acceptors (Lipinski definition) is 8. The summed E-state index contributed by atoms with van der Waals surface area (Å²) >= 11 is 4.06. The lowest BCUT2D eigenvalue weighted by Gasteiger charge is -2.26. The minimum Gasteiger partial charge on any atom is -0.480 e. The molecule has 4 unspecified atom stereocenters. The monoisotopic (exact) mass is 463 g/mol. The van der Waals surface area contributed by atoms with Crippen LogP contribution in [0.2, 0.25) is 0 Å². The lowest BCUT2D eigenvalue weighted by molar-refractivity contribution is -0.143. The first-order valence-electron chi connectivity index (χ1n) is 9.61. The van der Waals surface area contributed by atoms with Gasteiger partial charge in [0, 0.05) is 12.3 Å². The van der Waals surface area contributed by atoms with Crippen molar-refractivity contribution in [2.24, 2.45) is 28.1 Å². The van der Waals surface area contributed by atoms with Gasteiger partial charge in [0.2, 0.25) is 17.7 Å². The number of aliphatic hydroxyl groups excluding tert-OH is 1. The van der Waals surface area contributed by atoms with Crippen molar-refractivity contribution in [1.82, 2.24) is 16.0 Å². The van der Waals surface area contributed by atoms with E-state index in [2.05, 4.69) is 33.6 Å². The van der Waals surface area contributed by atoms with Gasteiger partial charge < -0.3 is 43.4 Å². The number of carboxylic acids is 1. The summed E-state index contributed by atoms with van der Waals surface area (Å²) in [7, 11) is 0. The predicted molar refractivity (Wildman–Crippen MR) is 117 cm³/mol. The van der Waals surface area contributed by atoms with Gasteiger partial charge in [-0.05, 0) is 18.8 Å². The van der Waals surface area contributed by atoms with Gasteiger partial charge in [0.1, 0.15) is 18.1 Å². The molecular weight excluding hydrogens is 430 g/mol. The van der Waals surface area contributed by atoms with Crippen LogP contribution in [0, 0.1) is 5.92 Å². The number of nitrogens with zero attached hydrogens (tertiary/aromatic N) is 1. The largest absolute Gasteiger partial charge is 0.480 e. The van der Waals surface area contributed by atoms with Crippen LogP contribution in [-0.2, 0) is 19.2 Å². The highest BCUT2D eigenvalue weighted by molar-refractivity contribution is 7.80. The van der Waals surface area contributed by atoms with Crippen LogP contribution in [0.1, 0.15) is 26.7 Å². The fraction of sp³-hybridized carbons (Fsp3) is 0.706. The van der Waals surface area contributed by atoms with Gasteiger partial charge in [0.15, 0.2) is 5.96 Å². The first-order valence-corrected chi connectivity index (χ1v) is 10.2. The van der Waals surface area contributed by atoms with Crippen LogP contribution >= 0.6 is 12.6 Å². The summed E-state index contributed by atoms with van der Waals surface area (Å²) in [5, 5.41) is 25.1. The molecule has 11 N–H and O–H groups in total. The normalized spacial score (nSPS) is 14.6. The number of aliphatic imine (C=N–C) groups is 1. The highest BCUT2D eigenvalue weighted by Crippen LogP contribution is 2.05. The quantitative estimate of drug-likeness (QED) is 0.0536. The SMILES string of the molecule is CC(C)C(NC(=O)C(CS)NC(=O)C(N)CCCN=C(N)N)C(=O)NC(CO)C(=O)O. The molecule has 0 rings (SSSR count). The molecule has 0 aromatic heterocycles. The van der Waals surface area contributed by atoms with Gasteiger partial charge in [-0.15, -0.1) is 0 Å². The van der Waals surface area contributed by atoms with Gasteiger partial charge in [-0.1, -0.05) is 13.8 Å². The van der Waals surface area contributed by atoms with Crippen LogP contribution in [0.15, 0.2) is 4.99 Å². The molecule has 0 saturated heterocycles. The number of guanidine groups is 1. The van der Waals surface area contributed by atoms with E-state index in [1.165, 1.54) is 0 Å². The summed E-state index contributed by atoms with van der Waals surface area (Å²) in [5.41, 5.74) is 16.2. The fourth-order valence-electron chi connectivity index (χ4n) is 2.36. The Morgan fingerprint density at radius 1 is 1.00 bits per heavy atom. The number of aliphatic hydroxyl groups is 1. The summed E-state index contributed by atoms with van der Waals surface area (Å²) in [4.78, 5) is 52.0. The lowest BCUT2D eigenvalue weighted by atomic mass is 10.0. The van der Waals surface area contributed by atoms with Crippen molar-refractivity contribution < 1.29 is 29.4 Å². The van der Waals surface area contributed by atoms with Crippen LogP contribution in [0.5, 0.6) is 0 Å². The van der Waals surface area contributed by atoms with E-state index in [-0.39, 0.29) is 18.1 Å². The van der Waals surface area contributed by atoms with E-state index >= 15 is 0 Å². The molecule has 31 heavy (non-hydrogen) atoms. The summed E-state index contributed by atoms with van der Waals surface area (Å²) in [5.74, 6) is -4.03. The maximum absolute atomic E-state index is 12.6. The van der Waals surface area contributed by atoms with Crippen molar-refractivity contribution in [2.45, 2.75) is 50.9 Å². The van der Waals surface area contributed by atoms with Crippen molar-refractivity contribution in [3.63, 3.8) is 0 Å². The zero-order valence-corrected chi connectivity index (χ0v) is 18.5. The number of aliphatic carboxylic acids is 1. The second kappa shape index (κ2) is 14.4. The van der Waals surface area contributed by atoms with Crippen LogP contribution in [0.4, 0.5) is 0 Å². The predicted octanol–water partition coefficient (Wildman–Crippen LogP) is -3.52. The number of nitrogens with two attached hydrogens (primary N) is 3. The number of amides is 3. The Bertz CT molecular complexity index is 657. The van der Waals surface area contributed by atoms with Crippen LogP contribution in [0.3, 0.4) is 0 Å². The summed E-state index contributed by atoms with van der Waals surface area (Å²) in [6.45, 7) is 2.77. The first-order chi connectivity index (χ1) is 14.4. The lowest BCUT2D eigenvalue weighted by Crippen LogP contribution is -2.59. The topological polar surface area (TPSA) is 235 Å². The van der Waals surface area contributed by atoms with E-state index in [9.17, 15) is 19.2 Å². The van der Waals surface area contributed by atoms with Crippen LogP contribution in [-0.4, -0.2) is 82.9 Å². The highest BCUT2D eigenvalue weighted by Gasteiger charge is 2.31. The molecule has 0 fully saturated rings. The van der Waals surface area contributed by atoms with Crippen molar-refractivity contribution in [3.8, 4) is 0 Å². The zero-order chi connectivity index (χ0) is 24.1. The molecule has 0 bridgehead atoms. The zero-order valence-electron chi connectivity index (χ0n) is 17.6. The average Bonchev–Trinajstić information content (AvgIpc) is 2.69. The summed E-state index contributed by atoms with van der Waals surface area (Å²) < 4.78 is 0. The number of carbonyl (C=O) groups excluding carboxylic acids is 3. The molecule has 0 saturated carbocycles. The van der Waals surface area contributed by atoms with Crippen LogP contribution in [0.25, 0.3) is 0 Å². The summed E-state index contributed by atoms with van der Waals surface area (Å²) in [6.07, 6.45) is 0.730. The third-order valence-corrected chi connectivity index (χ3v) is 4.53. The fourth-order valence-corrected chi connectivity index (χ4v) is 2.62. The van der Waals surface area contributed by atoms with Gasteiger partial charge in [-0.3, -0.25) is 19.4 Å². The van der Waals surface area contributed by atoms with Crippen molar-refractivity contribution in [2.75, 3.05) is 18.9 Å². The second-order valence-electron chi connectivity index (χ2n) is 7.11. The molecule has 0 aromatic carbocycles. The third kappa shape index (κ3) is 10.8. The molecule has 13 nitrogen and oxygen atoms in total. The van der Waals surface area contributed by atoms with Gasteiger partial charge in [-0.2, -0.15) is 12.6 Å². The Kier molecular flexibility index (Phi) is 13.2. The molecule has 0 heterocycles. The number of carbonyl (C=O) groups is 4. The van der Waals surface area contributed by atoms with Gasteiger partial charge in [-0.25, -0.2) is 4.79 Å². The Morgan fingerprint density at radius 3 is 2.03 bits per heavy atom. The first kappa shape index (κ1) is 28.4. The molecule has 3 amide bonds. The van der Waals surface area contributed by atoms with Gasteiger partial charge in [0.25, 0.3) is 0 Å².